The minimum absolute atomic E-state index is 0.0947. The largest absolute Gasteiger partial charge is 0.269 e. The zero-order valence-electron chi connectivity index (χ0n) is 12.4. The van der Waals surface area contributed by atoms with Gasteiger partial charge in [0.25, 0.3) is 5.69 Å². The Labute approximate surface area is 147 Å². The number of hydrogen-bond donors (Lipinski definition) is 0. The molecule has 0 aliphatic carbocycles. The first-order valence-electron chi connectivity index (χ1n) is 7.07. The van der Waals surface area contributed by atoms with Crippen molar-refractivity contribution in [1.82, 2.24) is 10.2 Å². The van der Waals surface area contributed by atoms with Crippen molar-refractivity contribution >= 4 is 29.1 Å². The molecule has 0 fully saturated rings. The van der Waals surface area contributed by atoms with Crippen molar-refractivity contribution in [2.45, 2.75) is 10.8 Å². The zero-order valence-corrected chi connectivity index (χ0v) is 14.0. The van der Waals surface area contributed by atoms with E-state index in [1.54, 1.807) is 12.1 Å². The Balaban J connectivity index is 1.67. The number of nitrogens with zero attached hydrogens (tertiary/aromatic N) is 3. The molecule has 24 heavy (non-hydrogen) atoms. The zero-order chi connectivity index (χ0) is 16.9. The van der Waals surface area contributed by atoms with Crippen LogP contribution in [0.4, 0.5) is 5.69 Å². The second-order valence-electron chi connectivity index (χ2n) is 4.98. The predicted octanol–water partition coefficient (Wildman–Crippen LogP) is 5.00. The van der Waals surface area contributed by atoms with Crippen LogP contribution in [0.1, 0.15) is 5.56 Å². The highest BCUT2D eigenvalue weighted by Gasteiger charge is 2.07. The van der Waals surface area contributed by atoms with E-state index in [1.807, 2.05) is 42.5 Å². The van der Waals surface area contributed by atoms with Crippen molar-refractivity contribution in [2.24, 2.45) is 0 Å². The lowest BCUT2D eigenvalue weighted by molar-refractivity contribution is -0.384. The molecule has 0 saturated heterocycles. The number of halogens is 1. The number of thioether (sulfide) groups is 1. The fraction of sp³-hybridized carbons (Fsp3) is 0.0588. The van der Waals surface area contributed by atoms with E-state index in [-0.39, 0.29) is 5.69 Å². The number of benzene rings is 2. The molecule has 0 aliphatic heterocycles. The van der Waals surface area contributed by atoms with Crippen molar-refractivity contribution in [2.75, 3.05) is 0 Å². The molecular formula is C17H12ClN3O2S. The summed E-state index contributed by atoms with van der Waals surface area (Å²) in [4.78, 5) is 10.4. The molecule has 120 valence electrons. The second kappa shape index (κ2) is 7.42. The van der Waals surface area contributed by atoms with Crippen LogP contribution < -0.4 is 0 Å². The van der Waals surface area contributed by atoms with E-state index in [9.17, 15) is 10.1 Å². The predicted molar refractivity (Wildman–Crippen MR) is 95.1 cm³/mol. The minimum Gasteiger partial charge on any atom is -0.258 e. The molecule has 7 heteroatoms. The van der Waals surface area contributed by atoms with E-state index in [0.29, 0.717) is 10.8 Å². The third-order valence-corrected chi connectivity index (χ3v) is 4.53. The monoisotopic (exact) mass is 357 g/mol. The number of non-ortho nitro benzene ring substituents is 1. The van der Waals surface area contributed by atoms with Gasteiger partial charge < -0.3 is 0 Å². The van der Waals surface area contributed by atoms with Crippen LogP contribution in [0.15, 0.2) is 65.7 Å². The fourth-order valence-electron chi connectivity index (χ4n) is 2.09. The Bertz CT molecular complexity index is 854. The quantitative estimate of drug-likeness (QED) is 0.365. The smallest absolute Gasteiger partial charge is 0.258 e. The first-order valence-corrected chi connectivity index (χ1v) is 8.44. The van der Waals surface area contributed by atoms with Crippen molar-refractivity contribution in [3.05, 3.63) is 81.4 Å². The number of aromatic nitrogens is 2. The van der Waals surface area contributed by atoms with E-state index in [0.717, 1.165) is 21.8 Å². The van der Waals surface area contributed by atoms with Gasteiger partial charge in [0, 0.05) is 28.5 Å². The van der Waals surface area contributed by atoms with Crippen LogP contribution in [0.25, 0.3) is 11.3 Å². The molecule has 1 heterocycles. The van der Waals surface area contributed by atoms with E-state index in [4.69, 9.17) is 11.6 Å². The van der Waals surface area contributed by atoms with E-state index >= 15 is 0 Å². The lowest BCUT2D eigenvalue weighted by atomic mass is 10.1. The molecule has 3 rings (SSSR count). The van der Waals surface area contributed by atoms with Gasteiger partial charge in [0.05, 0.1) is 10.6 Å². The summed E-state index contributed by atoms with van der Waals surface area (Å²) in [7, 11) is 0. The fourth-order valence-corrected chi connectivity index (χ4v) is 2.97. The number of nitro groups is 1. The van der Waals surface area contributed by atoms with Crippen LogP contribution in [0.2, 0.25) is 5.02 Å². The summed E-state index contributed by atoms with van der Waals surface area (Å²) in [5.74, 6) is 0.594. The van der Waals surface area contributed by atoms with Crippen LogP contribution in [0.5, 0.6) is 0 Å². The van der Waals surface area contributed by atoms with E-state index < -0.39 is 4.92 Å². The van der Waals surface area contributed by atoms with Gasteiger partial charge in [0.15, 0.2) is 0 Å². The molecular weight excluding hydrogens is 346 g/mol. The first-order chi connectivity index (χ1) is 11.6. The minimum atomic E-state index is -0.394. The van der Waals surface area contributed by atoms with E-state index in [1.165, 1.54) is 17.8 Å². The normalized spacial score (nSPS) is 10.5. The molecule has 5 nitrogen and oxygen atoms in total. The van der Waals surface area contributed by atoms with Gasteiger partial charge >= 0.3 is 0 Å². The molecule has 0 unspecified atom stereocenters. The first kappa shape index (κ1) is 16.4. The average Bonchev–Trinajstić information content (AvgIpc) is 2.61. The van der Waals surface area contributed by atoms with Gasteiger partial charge in [-0.25, -0.2) is 0 Å². The van der Waals surface area contributed by atoms with Crippen molar-refractivity contribution < 1.29 is 4.92 Å². The molecule has 3 aromatic rings. The summed E-state index contributed by atoms with van der Waals surface area (Å²) in [5, 5.41) is 20.6. The van der Waals surface area contributed by atoms with Crippen LogP contribution in [-0.2, 0) is 5.75 Å². The third kappa shape index (κ3) is 4.10. The summed E-state index contributed by atoms with van der Waals surface area (Å²) < 4.78 is 0. The SMILES string of the molecule is O=[N+]([O-])c1cccc(CSc2ccc(-c3ccc(Cl)cc3)nn2)c1. The highest BCUT2D eigenvalue weighted by atomic mass is 35.5. The molecule has 0 saturated carbocycles. The van der Waals surface area contributed by atoms with Gasteiger partial charge in [0.2, 0.25) is 0 Å². The molecule has 0 bridgehead atoms. The third-order valence-electron chi connectivity index (χ3n) is 3.29. The van der Waals surface area contributed by atoms with Crippen molar-refractivity contribution in [3.8, 4) is 11.3 Å². The molecule has 0 aliphatic rings. The lowest BCUT2D eigenvalue weighted by Gasteiger charge is -2.03. The molecule has 0 atom stereocenters. The van der Waals surface area contributed by atoms with Gasteiger partial charge in [0.1, 0.15) is 5.03 Å². The molecule has 1 aromatic heterocycles. The van der Waals surface area contributed by atoms with Gasteiger partial charge in [-0.05, 0) is 29.8 Å². The standard InChI is InChI=1S/C17H12ClN3O2S/c18-14-6-4-13(5-7-14)16-8-9-17(20-19-16)24-11-12-2-1-3-15(10-12)21(22)23/h1-10H,11H2. The van der Waals surface area contributed by atoms with Crippen LogP contribution >= 0.6 is 23.4 Å². The summed E-state index contributed by atoms with van der Waals surface area (Å²) in [6.45, 7) is 0. The lowest BCUT2D eigenvalue weighted by Crippen LogP contribution is -1.91. The Kier molecular flexibility index (Phi) is 5.08. The van der Waals surface area contributed by atoms with Crippen LogP contribution in [0.3, 0.4) is 0 Å². The number of rotatable bonds is 5. The maximum atomic E-state index is 10.8. The summed E-state index contributed by atoms with van der Waals surface area (Å²) >= 11 is 7.36. The molecule has 0 spiro atoms. The Morgan fingerprint density at radius 1 is 1.04 bits per heavy atom. The van der Waals surface area contributed by atoms with Gasteiger partial charge in [-0.1, -0.05) is 47.6 Å². The Morgan fingerprint density at radius 2 is 1.83 bits per heavy atom. The maximum Gasteiger partial charge on any atom is 0.269 e. The second-order valence-corrected chi connectivity index (χ2v) is 6.41. The maximum absolute atomic E-state index is 10.8. The topological polar surface area (TPSA) is 68.9 Å². The number of nitro benzene ring substituents is 1. The molecule has 0 radical (unpaired) electrons. The van der Waals surface area contributed by atoms with Crippen LogP contribution in [-0.4, -0.2) is 15.1 Å². The number of hydrogen-bond acceptors (Lipinski definition) is 5. The van der Waals surface area contributed by atoms with Crippen molar-refractivity contribution in [3.63, 3.8) is 0 Å². The Morgan fingerprint density at radius 3 is 2.50 bits per heavy atom. The summed E-state index contributed by atoms with van der Waals surface area (Å²) in [5.41, 5.74) is 2.68. The van der Waals surface area contributed by atoms with Gasteiger partial charge in [-0.3, -0.25) is 10.1 Å². The molecule has 0 amide bonds. The van der Waals surface area contributed by atoms with E-state index in [2.05, 4.69) is 10.2 Å². The average molecular weight is 358 g/mol. The highest BCUT2D eigenvalue weighted by molar-refractivity contribution is 7.98. The Hall–Kier alpha value is -2.44. The van der Waals surface area contributed by atoms with Crippen molar-refractivity contribution in [1.29, 1.82) is 0 Å². The summed E-state index contributed by atoms with van der Waals surface area (Å²) in [6.07, 6.45) is 0. The van der Waals surface area contributed by atoms with Gasteiger partial charge in [-0.2, -0.15) is 0 Å². The highest BCUT2D eigenvalue weighted by Crippen LogP contribution is 2.25. The molecule has 0 N–H and O–H groups in total. The summed E-state index contributed by atoms with van der Waals surface area (Å²) in [6, 6.07) is 17.8. The molecule has 2 aromatic carbocycles. The van der Waals surface area contributed by atoms with Gasteiger partial charge in [-0.15, -0.1) is 10.2 Å². The van der Waals surface area contributed by atoms with Crippen LogP contribution in [0, 0.1) is 10.1 Å².